The van der Waals surface area contributed by atoms with Crippen molar-refractivity contribution in [1.29, 1.82) is 0 Å². The number of hydrogen-bond acceptors (Lipinski definition) is 4. The highest BCUT2D eigenvalue weighted by Gasteiger charge is 2.50. The maximum absolute atomic E-state index is 13.0. The molecule has 0 saturated carbocycles. The van der Waals surface area contributed by atoms with Crippen LogP contribution in [0.25, 0.3) is 0 Å². The van der Waals surface area contributed by atoms with E-state index in [-0.39, 0.29) is 12.2 Å². The van der Waals surface area contributed by atoms with E-state index < -0.39 is 11.5 Å². The van der Waals surface area contributed by atoms with Gasteiger partial charge in [-0.1, -0.05) is 35.9 Å². The quantitative estimate of drug-likeness (QED) is 0.867. The van der Waals surface area contributed by atoms with Crippen molar-refractivity contribution >= 4 is 17.4 Å². The Bertz CT molecular complexity index is 847. The minimum Gasteiger partial charge on any atom is -0.492 e. The zero-order valence-electron chi connectivity index (χ0n) is 15.3. The Morgan fingerprint density at radius 1 is 1.19 bits per heavy atom. The van der Waals surface area contributed by atoms with Crippen LogP contribution in [0.5, 0.6) is 5.75 Å². The number of Topliss-reactive ketones (excluding diaryl/α,β-unsaturated/α-hetero) is 1. The minimum atomic E-state index is -1.80. The number of rotatable bonds is 6. The third-order valence-corrected chi connectivity index (χ3v) is 4.59. The molecule has 0 saturated heterocycles. The molecule has 0 bridgehead atoms. The van der Waals surface area contributed by atoms with Crippen LogP contribution < -0.4 is 9.64 Å². The molecular weight excluding hydrogens is 330 g/mol. The summed E-state index contributed by atoms with van der Waals surface area (Å²) in [4.78, 5) is 26.2. The van der Waals surface area contributed by atoms with Gasteiger partial charge >= 0.3 is 0 Å². The summed E-state index contributed by atoms with van der Waals surface area (Å²) in [6.07, 6.45) is -0.224. The van der Waals surface area contributed by atoms with Crippen molar-refractivity contribution in [1.82, 2.24) is 0 Å². The number of carbonyl (C=O) groups excluding carboxylic acids is 2. The zero-order valence-corrected chi connectivity index (χ0v) is 15.3. The van der Waals surface area contributed by atoms with Gasteiger partial charge in [-0.15, -0.1) is 0 Å². The van der Waals surface area contributed by atoms with Crippen LogP contribution in [0, 0.1) is 13.8 Å². The number of amides is 1. The molecule has 2 aromatic carbocycles. The summed E-state index contributed by atoms with van der Waals surface area (Å²) >= 11 is 0. The van der Waals surface area contributed by atoms with Gasteiger partial charge < -0.3 is 14.7 Å². The molecule has 5 heteroatoms. The van der Waals surface area contributed by atoms with Crippen molar-refractivity contribution in [3.05, 3.63) is 59.2 Å². The highest BCUT2D eigenvalue weighted by Crippen LogP contribution is 2.44. The van der Waals surface area contributed by atoms with Crippen LogP contribution in [0.1, 0.15) is 30.0 Å². The summed E-state index contributed by atoms with van der Waals surface area (Å²) in [7, 11) is 0. The molecule has 0 spiro atoms. The fourth-order valence-corrected chi connectivity index (χ4v) is 3.59. The summed E-state index contributed by atoms with van der Waals surface area (Å²) in [5.74, 6) is 0.0281. The first-order valence-electron chi connectivity index (χ1n) is 8.66. The molecule has 1 amide bonds. The smallest absolute Gasteiger partial charge is 0.264 e. The fourth-order valence-electron chi connectivity index (χ4n) is 3.59. The molecule has 1 aliphatic rings. The number of para-hydroxylation sites is 1. The third-order valence-electron chi connectivity index (χ3n) is 4.59. The Morgan fingerprint density at radius 2 is 1.88 bits per heavy atom. The van der Waals surface area contributed by atoms with Crippen LogP contribution in [0.4, 0.5) is 5.69 Å². The number of benzene rings is 2. The van der Waals surface area contributed by atoms with Gasteiger partial charge in [0.1, 0.15) is 18.1 Å². The van der Waals surface area contributed by atoms with Crippen molar-refractivity contribution in [2.75, 3.05) is 18.1 Å². The number of fused-ring (bicyclic) bond motifs is 1. The molecule has 26 heavy (non-hydrogen) atoms. The van der Waals surface area contributed by atoms with Crippen molar-refractivity contribution in [2.24, 2.45) is 0 Å². The fraction of sp³-hybridized carbons (Fsp3) is 0.333. The second-order valence-electron chi connectivity index (χ2n) is 6.84. The van der Waals surface area contributed by atoms with E-state index in [1.807, 2.05) is 50.2 Å². The Kier molecular flexibility index (Phi) is 4.83. The second kappa shape index (κ2) is 6.92. The van der Waals surface area contributed by atoms with Crippen molar-refractivity contribution < 1.29 is 19.4 Å². The zero-order chi connectivity index (χ0) is 18.9. The van der Waals surface area contributed by atoms with Crippen molar-refractivity contribution in [2.45, 2.75) is 32.8 Å². The molecule has 1 N–H and O–H groups in total. The van der Waals surface area contributed by atoms with Crippen LogP contribution in [-0.4, -0.2) is 29.9 Å². The lowest BCUT2D eigenvalue weighted by Crippen LogP contribution is -2.43. The summed E-state index contributed by atoms with van der Waals surface area (Å²) < 4.78 is 5.70. The number of aryl methyl sites for hydroxylation is 2. The van der Waals surface area contributed by atoms with E-state index >= 15 is 0 Å². The third kappa shape index (κ3) is 3.22. The highest BCUT2D eigenvalue weighted by atomic mass is 16.5. The van der Waals surface area contributed by atoms with Crippen LogP contribution in [0.15, 0.2) is 42.5 Å². The van der Waals surface area contributed by atoms with Crippen molar-refractivity contribution in [3.63, 3.8) is 0 Å². The molecule has 136 valence electrons. The van der Waals surface area contributed by atoms with Gasteiger partial charge in [-0.2, -0.15) is 0 Å². The lowest BCUT2D eigenvalue weighted by Gasteiger charge is -2.22. The first-order valence-corrected chi connectivity index (χ1v) is 8.66. The summed E-state index contributed by atoms with van der Waals surface area (Å²) in [6.45, 7) is 5.79. The number of aliphatic hydroxyl groups is 1. The summed E-state index contributed by atoms with van der Waals surface area (Å²) in [6, 6.07) is 13.1. The molecule has 0 fully saturated rings. The van der Waals surface area contributed by atoms with Crippen LogP contribution in [0.2, 0.25) is 0 Å². The Hall–Kier alpha value is -2.66. The molecule has 0 aliphatic carbocycles. The van der Waals surface area contributed by atoms with E-state index in [2.05, 4.69) is 0 Å². The Morgan fingerprint density at radius 3 is 2.54 bits per heavy atom. The molecule has 1 atom stereocenters. The van der Waals surface area contributed by atoms with Gasteiger partial charge in [0.05, 0.1) is 12.2 Å². The number of anilines is 1. The van der Waals surface area contributed by atoms with Gasteiger partial charge in [0, 0.05) is 12.0 Å². The van der Waals surface area contributed by atoms with Gasteiger partial charge in [-0.05, 0) is 38.5 Å². The number of nitrogens with zero attached hydrogens (tertiary/aromatic N) is 1. The van der Waals surface area contributed by atoms with E-state index in [0.717, 1.165) is 16.9 Å². The Balaban J connectivity index is 1.89. The maximum Gasteiger partial charge on any atom is 0.264 e. The largest absolute Gasteiger partial charge is 0.492 e. The molecule has 0 aromatic heterocycles. The van der Waals surface area contributed by atoms with E-state index in [0.29, 0.717) is 24.4 Å². The van der Waals surface area contributed by atoms with Gasteiger partial charge in [-0.3, -0.25) is 9.59 Å². The standard InChI is InChI=1S/C21H23NO4/c1-14-11-15(2)19-18(12-14)21(25,13-16(3)23)20(24)22(19)9-10-26-17-7-5-4-6-8-17/h4-8,11-12,25H,9-10,13H2,1-3H3/t21-/m0/s1. The van der Waals surface area contributed by atoms with Crippen LogP contribution in [0.3, 0.4) is 0 Å². The molecule has 1 heterocycles. The molecule has 1 aliphatic heterocycles. The molecule has 0 unspecified atom stereocenters. The lowest BCUT2D eigenvalue weighted by molar-refractivity contribution is -0.141. The Labute approximate surface area is 153 Å². The molecule has 5 nitrogen and oxygen atoms in total. The number of carbonyl (C=O) groups is 2. The normalized spacial score (nSPS) is 18.8. The maximum atomic E-state index is 13.0. The van der Waals surface area contributed by atoms with E-state index in [4.69, 9.17) is 4.74 Å². The van der Waals surface area contributed by atoms with E-state index in [1.165, 1.54) is 11.8 Å². The molecule has 0 radical (unpaired) electrons. The molecular formula is C21H23NO4. The van der Waals surface area contributed by atoms with Gasteiger partial charge in [0.2, 0.25) is 0 Å². The number of ether oxygens (including phenoxy) is 1. The lowest BCUT2D eigenvalue weighted by atomic mass is 9.88. The monoisotopic (exact) mass is 353 g/mol. The summed E-state index contributed by atoms with van der Waals surface area (Å²) in [5, 5.41) is 11.1. The van der Waals surface area contributed by atoms with Crippen LogP contribution in [-0.2, 0) is 15.2 Å². The molecule has 2 aromatic rings. The van der Waals surface area contributed by atoms with E-state index in [9.17, 15) is 14.7 Å². The van der Waals surface area contributed by atoms with Gasteiger partial charge in [0.15, 0.2) is 5.60 Å². The second-order valence-corrected chi connectivity index (χ2v) is 6.84. The van der Waals surface area contributed by atoms with E-state index in [1.54, 1.807) is 6.07 Å². The molecule has 3 rings (SSSR count). The minimum absolute atomic E-state index is 0.224. The average molecular weight is 353 g/mol. The average Bonchev–Trinajstić information content (AvgIpc) is 2.77. The van der Waals surface area contributed by atoms with Gasteiger partial charge in [0.25, 0.3) is 5.91 Å². The SMILES string of the molecule is CC(=O)C[C@@]1(O)C(=O)N(CCOc2ccccc2)c2c(C)cc(C)cc21. The van der Waals surface area contributed by atoms with Crippen molar-refractivity contribution in [3.8, 4) is 5.75 Å². The first kappa shape index (κ1) is 18.1. The van der Waals surface area contributed by atoms with Gasteiger partial charge in [-0.25, -0.2) is 0 Å². The topological polar surface area (TPSA) is 66.8 Å². The predicted octanol–water partition coefficient (Wildman–Crippen LogP) is 2.90. The highest BCUT2D eigenvalue weighted by molar-refractivity contribution is 6.09. The number of ketones is 1. The first-order chi connectivity index (χ1) is 12.3. The number of hydrogen-bond donors (Lipinski definition) is 1. The predicted molar refractivity (Wildman–Crippen MR) is 99.4 cm³/mol. The summed E-state index contributed by atoms with van der Waals surface area (Å²) in [5.41, 5.74) is 1.23. The van der Waals surface area contributed by atoms with Crippen LogP contribution >= 0.6 is 0 Å².